The number of benzene rings is 2. The minimum atomic E-state index is -0.773. The van der Waals surface area contributed by atoms with Gasteiger partial charge in [-0.1, -0.05) is 24.3 Å². The number of nitrogens with zero attached hydrogens (tertiary/aromatic N) is 2. The summed E-state index contributed by atoms with van der Waals surface area (Å²) in [5, 5.41) is 19.6. The van der Waals surface area contributed by atoms with E-state index in [1.807, 2.05) is 6.07 Å². The van der Waals surface area contributed by atoms with Gasteiger partial charge in [0.05, 0.1) is 16.6 Å². The SMILES string of the molecule is N#Cc1cccc(COC(=O)c2ccccc2[N+](=O)[O-])c1. The minimum absolute atomic E-state index is 0.0552. The van der Waals surface area contributed by atoms with Crippen molar-refractivity contribution in [3.63, 3.8) is 0 Å². The van der Waals surface area contributed by atoms with E-state index in [0.29, 0.717) is 11.1 Å². The largest absolute Gasteiger partial charge is 0.457 e. The van der Waals surface area contributed by atoms with Gasteiger partial charge in [0, 0.05) is 6.07 Å². The van der Waals surface area contributed by atoms with Gasteiger partial charge in [-0.05, 0) is 23.8 Å². The smallest absolute Gasteiger partial charge is 0.345 e. The van der Waals surface area contributed by atoms with Crippen molar-refractivity contribution in [2.75, 3.05) is 0 Å². The van der Waals surface area contributed by atoms with Gasteiger partial charge in [-0.3, -0.25) is 10.1 Å². The van der Waals surface area contributed by atoms with Crippen molar-refractivity contribution >= 4 is 11.7 Å². The second kappa shape index (κ2) is 6.30. The van der Waals surface area contributed by atoms with Crippen molar-refractivity contribution in [3.8, 4) is 6.07 Å². The lowest BCUT2D eigenvalue weighted by Crippen LogP contribution is -2.08. The normalized spacial score (nSPS) is 9.67. The zero-order valence-electron chi connectivity index (χ0n) is 10.9. The van der Waals surface area contributed by atoms with E-state index >= 15 is 0 Å². The lowest BCUT2D eigenvalue weighted by atomic mass is 10.1. The Morgan fingerprint density at radius 1 is 1.24 bits per heavy atom. The summed E-state index contributed by atoms with van der Waals surface area (Å²) in [6, 6.07) is 14.2. The molecule has 0 unspecified atom stereocenters. The average Bonchev–Trinajstić information content (AvgIpc) is 2.52. The second-order valence-electron chi connectivity index (χ2n) is 4.16. The maximum absolute atomic E-state index is 11.9. The van der Waals surface area contributed by atoms with Crippen LogP contribution in [0.5, 0.6) is 0 Å². The van der Waals surface area contributed by atoms with Crippen LogP contribution in [0, 0.1) is 21.4 Å². The first-order valence-corrected chi connectivity index (χ1v) is 6.01. The number of esters is 1. The number of rotatable bonds is 4. The molecule has 0 N–H and O–H groups in total. The van der Waals surface area contributed by atoms with Crippen LogP contribution in [0.3, 0.4) is 0 Å². The highest BCUT2D eigenvalue weighted by molar-refractivity contribution is 5.93. The fraction of sp³-hybridized carbons (Fsp3) is 0.0667. The molecule has 6 nitrogen and oxygen atoms in total. The minimum Gasteiger partial charge on any atom is -0.457 e. The quantitative estimate of drug-likeness (QED) is 0.488. The van der Waals surface area contributed by atoms with Gasteiger partial charge in [-0.15, -0.1) is 0 Å². The highest BCUT2D eigenvalue weighted by Crippen LogP contribution is 2.19. The summed E-state index contributed by atoms with van der Waals surface area (Å²) in [5.74, 6) is -0.773. The van der Waals surface area contributed by atoms with Gasteiger partial charge in [0.25, 0.3) is 5.69 Å². The van der Waals surface area contributed by atoms with Crippen LogP contribution in [0.4, 0.5) is 5.69 Å². The molecule has 104 valence electrons. The first kappa shape index (κ1) is 14.2. The van der Waals surface area contributed by atoms with E-state index in [1.165, 1.54) is 24.3 Å². The van der Waals surface area contributed by atoms with Crippen LogP contribution in [0.2, 0.25) is 0 Å². The third-order valence-corrected chi connectivity index (χ3v) is 2.75. The Morgan fingerprint density at radius 2 is 2.00 bits per heavy atom. The van der Waals surface area contributed by atoms with Crippen molar-refractivity contribution in [1.82, 2.24) is 0 Å². The van der Waals surface area contributed by atoms with Crippen molar-refractivity contribution in [3.05, 3.63) is 75.3 Å². The fourth-order valence-corrected chi connectivity index (χ4v) is 1.76. The molecular weight excluding hydrogens is 272 g/mol. The highest BCUT2D eigenvalue weighted by atomic mass is 16.6. The number of ether oxygens (including phenoxy) is 1. The maximum Gasteiger partial charge on any atom is 0.345 e. The summed E-state index contributed by atoms with van der Waals surface area (Å²) in [5.41, 5.74) is 0.697. The first-order chi connectivity index (χ1) is 10.1. The van der Waals surface area contributed by atoms with E-state index in [0.717, 1.165) is 0 Å². The van der Waals surface area contributed by atoms with Crippen LogP contribution >= 0.6 is 0 Å². The molecule has 0 spiro atoms. The van der Waals surface area contributed by atoms with Gasteiger partial charge < -0.3 is 4.74 Å². The van der Waals surface area contributed by atoms with E-state index in [9.17, 15) is 14.9 Å². The van der Waals surface area contributed by atoms with Crippen molar-refractivity contribution in [1.29, 1.82) is 5.26 Å². The Bertz CT molecular complexity index is 734. The number of carbonyl (C=O) groups is 1. The number of nitro groups is 1. The highest BCUT2D eigenvalue weighted by Gasteiger charge is 2.20. The van der Waals surface area contributed by atoms with Crippen LogP contribution in [0.1, 0.15) is 21.5 Å². The fourth-order valence-electron chi connectivity index (χ4n) is 1.76. The summed E-state index contributed by atoms with van der Waals surface area (Å²) in [7, 11) is 0. The van der Waals surface area contributed by atoms with Gasteiger partial charge in [0.2, 0.25) is 0 Å². The molecule has 0 saturated carbocycles. The lowest BCUT2D eigenvalue weighted by molar-refractivity contribution is -0.385. The van der Waals surface area contributed by atoms with Crippen LogP contribution in [0.25, 0.3) is 0 Å². The number of hydrogen-bond donors (Lipinski definition) is 0. The topological polar surface area (TPSA) is 93.2 Å². The molecule has 2 aromatic rings. The van der Waals surface area contributed by atoms with Crippen LogP contribution < -0.4 is 0 Å². The molecule has 0 atom stereocenters. The van der Waals surface area contributed by atoms with Gasteiger partial charge in [-0.2, -0.15) is 5.26 Å². The summed E-state index contributed by atoms with van der Waals surface area (Å²) in [6.45, 7) is -0.0552. The Labute approximate surface area is 120 Å². The zero-order chi connectivity index (χ0) is 15.2. The molecule has 21 heavy (non-hydrogen) atoms. The summed E-state index contributed by atoms with van der Waals surface area (Å²) < 4.78 is 5.05. The Balaban J connectivity index is 2.12. The third kappa shape index (κ3) is 3.42. The Kier molecular flexibility index (Phi) is 4.26. The van der Waals surface area contributed by atoms with E-state index in [2.05, 4.69) is 0 Å². The molecule has 0 aromatic heterocycles. The molecule has 0 saturated heterocycles. The first-order valence-electron chi connectivity index (χ1n) is 6.01. The second-order valence-corrected chi connectivity index (χ2v) is 4.16. The van der Waals surface area contributed by atoms with E-state index in [1.54, 1.807) is 24.3 Å². The molecular formula is C15H10N2O4. The average molecular weight is 282 g/mol. The molecule has 0 aliphatic carbocycles. The Hall–Kier alpha value is -3.20. The number of hydrogen-bond acceptors (Lipinski definition) is 5. The number of para-hydroxylation sites is 1. The third-order valence-electron chi connectivity index (χ3n) is 2.75. The van der Waals surface area contributed by atoms with E-state index < -0.39 is 10.9 Å². The predicted molar refractivity (Wildman–Crippen MR) is 73.4 cm³/mol. The van der Waals surface area contributed by atoms with Crippen LogP contribution in [-0.2, 0) is 11.3 Å². The van der Waals surface area contributed by atoms with Crippen molar-refractivity contribution in [2.24, 2.45) is 0 Å². The van der Waals surface area contributed by atoms with Gasteiger partial charge >= 0.3 is 5.97 Å². The van der Waals surface area contributed by atoms with E-state index in [4.69, 9.17) is 10.00 Å². The molecule has 0 radical (unpaired) electrons. The predicted octanol–water partition coefficient (Wildman–Crippen LogP) is 2.82. The number of nitro benzene ring substituents is 1. The lowest BCUT2D eigenvalue weighted by Gasteiger charge is -2.05. The number of nitriles is 1. The molecule has 2 rings (SSSR count). The summed E-state index contributed by atoms with van der Waals surface area (Å²) in [4.78, 5) is 22.1. The molecule has 2 aromatic carbocycles. The standard InChI is InChI=1S/C15H10N2O4/c16-9-11-4-3-5-12(8-11)10-21-15(18)13-6-1-2-7-14(13)17(19)20/h1-8H,10H2. The maximum atomic E-state index is 11.9. The molecule has 0 amide bonds. The van der Waals surface area contributed by atoms with Gasteiger partial charge in [-0.25, -0.2) is 4.79 Å². The van der Waals surface area contributed by atoms with Crippen LogP contribution in [0.15, 0.2) is 48.5 Å². The molecule has 6 heteroatoms. The molecule has 0 bridgehead atoms. The summed E-state index contributed by atoms with van der Waals surface area (Å²) >= 11 is 0. The van der Waals surface area contributed by atoms with Crippen molar-refractivity contribution in [2.45, 2.75) is 6.61 Å². The van der Waals surface area contributed by atoms with Gasteiger partial charge in [0.15, 0.2) is 0 Å². The summed E-state index contributed by atoms with van der Waals surface area (Å²) in [6.07, 6.45) is 0. The molecule has 0 aliphatic heterocycles. The molecule has 0 heterocycles. The number of carbonyl (C=O) groups excluding carboxylic acids is 1. The van der Waals surface area contributed by atoms with E-state index in [-0.39, 0.29) is 17.9 Å². The van der Waals surface area contributed by atoms with Crippen molar-refractivity contribution < 1.29 is 14.5 Å². The molecule has 0 aliphatic rings. The van der Waals surface area contributed by atoms with Crippen LogP contribution in [-0.4, -0.2) is 10.9 Å². The molecule has 0 fully saturated rings. The zero-order valence-corrected chi connectivity index (χ0v) is 10.9. The van der Waals surface area contributed by atoms with Gasteiger partial charge in [0.1, 0.15) is 12.2 Å². The Morgan fingerprint density at radius 3 is 2.71 bits per heavy atom. The monoisotopic (exact) mass is 282 g/mol.